The highest BCUT2D eigenvalue weighted by atomic mass is 16.5. The zero-order chi connectivity index (χ0) is 7.72. The standard InChI is InChI=1S/C8H16O2/c1-5-6(2)8(4-9)10-7(5)3/h5-9H,4H2,1-3H3/t5-,6+,7+,8-/m1/s1. The fraction of sp³-hybridized carbons (Fsp3) is 1.00. The SMILES string of the molecule is C[C@@H]1[C@H](C)[C@@H](CO)O[C@H]1C. The second-order valence-corrected chi connectivity index (χ2v) is 3.28. The summed E-state index contributed by atoms with van der Waals surface area (Å²) in [5.41, 5.74) is 0. The van der Waals surface area contributed by atoms with E-state index in [0.717, 1.165) is 0 Å². The molecule has 0 bridgehead atoms. The Balaban J connectivity index is 2.53. The lowest BCUT2D eigenvalue weighted by atomic mass is 9.91. The van der Waals surface area contributed by atoms with E-state index in [0.29, 0.717) is 17.9 Å². The average molecular weight is 144 g/mol. The van der Waals surface area contributed by atoms with Crippen LogP contribution in [-0.2, 0) is 4.74 Å². The molecule has 0 radical (unpaired) electrons. The van der Waals surface area contributed by atoms with Crippen LogP contribution >= 0.6 is 0 Å². The summed E-state index contributed by atoms with van der Waals surface area (Å²) in [7, 11) is 0. The quantitative estimate of drug-likeness (QED) is 0.595. The molecular formula is C8H16O2. The number of hydrogen-bond donors (Lipinski definition) is 1. The van der Waals surface area contributed by atoms with Crippen LogP contribution in [0, 0.1) is 11.8 Å². The zero-order valence-electron chi connectivity index (χ0n) is 6.87. The van der Waals surface area contributed by atoms with Crippen molar-refractivity contribution in [3.05, 3.63) is 0 Å². The summed E-state index contributed by atoms with van der Waals surface area (Å²) >= 11 is 0. The first-order valence-electron chi connectivity index (χ1n) is 3.93. The van der Waals surface area contributed by atoms with E-state index < -0.39 is 0 Å². The number of ether oxygens (including phenoxy) is 1. The van der Waals surface area contributed by atoms with Crippen molar-refractivity contribution >= 4 is 0 Å². The molecule has 1 fully saturated rings. The van der Waals surface area contributed by atoms with E-state index in [1.807, 2.05) is 0 Å². The van der Waals surface area contributed by atoms with Crippen LogP contribution in [0.4, 0.5) is 0 Å². The molecule has 10 heavy (non-hydrogen) atoms. The van der Waals surface area contributed by atoms with Gasteiger partial charge in [0.15, 0.2) is 0 Å². The Morgan fingerprint density at radius 2 is 1.80 bits per heavy atom. The maximum Gasteiger partial charge on any atom is 0.0838 e. The first kappa shape index (κ1) is 8.02. The van der Waals surface area contributed by atoms with Gasteiger partial charge in [-0.1, -0.05) is 13.8 Å². The predicted octanol–water partition coefficient (Wildman–Crippen LogP) is 1.04. The van der Waals surface area contributed by atoms with Gasteiger partial charge in [0.05, 0.1) is 18.8 Å². The van der Waals surface area contributed by atoms with Crippen LogP contribution in [0.2, 0.25) is 0 Å². The minimum absolute atomic E-state index is 0.0741. The lowest BCUT2D eigenvalue weighted by Gasteiger charge is -2.12. The van der Waals surface area contributed by atoms with E-state index in [9.17, 15) is 0 Å². The molecule has 0 aromatic heterocycles. The van der Waals surface area contributed by atoms with Gasteiger partial charge < -0.3 is 9.84 Å². The van der Waals surface area contributed by atoms with Crippen molar-refractivity contribution in [1.29, 1.82) is 0 Å². The van der Waals surface area contributed by atoms with Gasteiger partial charge in [0.2, 0.25) is 0 Å². The molecule has 2 heteroatoms. The molecular weight excluding hydrogens is 128 g/mol. The molecule has 2 nitrogen and oxygen atoms in total. The Labute approximate surface area is 62.2 Å². The second-order valence-electron chi connectivity index (χ2n) is 3.28. The Morgan fingerprint density at radius 3 is 2.00 bits per heavy atom. The molecule has 0 aromatic carbocycles. The molecule has 0 aliphatic carbocycles. The number of rotatable bonds is 1. The second kappa shape index (κ2) is 2.89. The molecule has 0 unspecified atom stereocenters. The Bertz CT molecular complexity index is 114. The largest absolute Gasteiger partial charge is 0.394 e. The summed E-state index contributed by atoms with van der Waals surface area (Å²) in [5.74, 6) is 1.08. The van der Waals surface area contributed by atoms with E-state index in [1.54, 1.807) is 0 Å². The van der Waals surface area contributed by atoms with Crippen LogP contribution in [0.5, 0.6) is 0 Å². The van der Waals surface area contributed by atoms with Crippen LogP contribution in [0.1, 0.15) is 20.8 Å². The third kappa shape index (κ3) is 1.18. The zero-order valence-corrected chi connectivity index (χ0v) is 6.87. The van der Waals surface area contributed by atoms with E-state index in [4.69, 9.17) is 9.84 Å². The van der Waals surface area contributed by atoms with Crippen LogP contribution in [0.15, 0.2) is 0 Å². The summed E-state index contributed by atoms with van der Waals surface area (Å²) in [4.78, 5) is 0. The minimum Gasteiger partial charge on any atom is -0.394 e. The van der Waals surface area contributed by atoms with Crippen molar-refractivity contribution in [3.63, 3.8) is 0 Å². The Morgan fingerprint density at radius 1 is 1.20 bits per heavy atom. The molecule has 1 heterocycles. The summed E-state index contributed by atoms with van der Waals surface area (Å²) in [6.45, 7) is 6.53. The van der Waals surface area contributed by atoms with Crippen molar-refractivity contribution in [3.8, 4) is 0 Å². The Hall–Kier alpha value is -0.0800. The van der Waals surface area contributed by atoms with Gasteiger partial charge >= 0.3 is 0 Å². The predicted molar refractivity (Wildman–Crippen MR) is 39.7 cm³/mol. The smallest absolute Gasteiger partial charge is 0.0838 e. The number of hydrogen-bond acceptors (Lipinski definition) is 2. The first-order valence-corrected chi connectivity index (χ1v) is 3.93. The van der Waals surface area contributed by atoms with Crippen LogP contribution in [-0.4, -0.2) is 23.9 Å². The Kier molecular flexibility index (Phi) is 2.32. The van der Waals surface area contributed by atoms with E-state index in [1.165, 1.54) is 0 Å². The lowest BCUT2D eigenvalue weighted by Crippen LogP contribution is -2.19. The van der Waals surface area contributed by atoms with E-state index in [2.05, 4.69) is 20.8 Å². The van der Waals surface area contributed by atoms with Crippen molar-refractivity contribution in [2.45, 2.75) is 33.0 Å². The third-order valence-electron chi connectivity index (χ3n) is 2.73. The fourth-order valence-corrected chi connectivity index (χ4v) is 1.50. The van der Waals surface area contributed by atoms with Gasteiger partial charge in [0.25, 0.3) is 0 Å². The summed E-state index contributed by atoms with van der Waals surface area (Å²) in [5, 5.41) is 8.85. The maximum absolute atomic E-state index is 8.85. The molecule has 4 atom stereocenters. The van der Waals surface area contributed by atoms with Gasteiger partial charge in [-0.15, -0.1) is 0 Å². The molecule has 0 spiro atoms. The molecule has 60 valence electrons. The fourth-order valence-electron chi connectivity index (χ4n) is 1.50. The van der Waals surface area contributed by atoms with Crippen molar-refractivity contribution in [2.75, 3.05) is 6.61 Å². The molecule has 1 N–H and O–H groups in total. The van der Waals surface area contributed by atoms with Gasteiger partial charge in [-0.25, -0.2) is 0 Å². The van der Waals surface area contributed by atoms with Gasteiger partial charge in [-0.05, 0) is 18.8 Å². The highest BCUT2D eigenvalue weighted by molar-refractivity contribution is 4.82. The highest BCUT2D eigenvalue weighted by Crippen LogP contribution is 2.31. The van der Waals surface area contributed by atoms with Crippen molar-refractivity contribution < 1.29 is 9.84 Å². The maximum atomic E-state index is 8.85. The average Bonchev–Trinajstić information content (AvgIpc) is 2.17. The molecule has 0 aromatic rings. The summed E-state index contributed by atoms with van der Waals surface area (Å²) in [6, 6.07) is 0. The number of aliphatic hydroxyl groups excluding tert-OH is 1. The third-order valence-corrected chi connectivity index (χ3v) is 2.73. The van der Waals surface area contributed by atoms with E-state index >= 15 is 0 Å². The molecule has 0 amide bonds. The first-order chi connectivity index (χ1) is 4.66. The number of aliphatic hydroxyl groups is 1. The molecule has 1 aliphatic rings. The monoisotopic (exact) mass is 144 g/mol. The molecule has 1 rings (SSSR count). The summed E-state index contributed by atoms with van der Waals surface area (Å²) < 4.78 is 5.48. The summed E-state index contributed by atoms with van der Waals surface area (Å²) in [6.07, 6.45) is 0.386. The van der Waals surface area contributed by atoms with Crippen LogP contribution in [0.25, 0.3) is 0 Å². The van der Waals surface area contributed by atoms with Gasteiger partial charge in [0.1, 0.15) is 0 Å². The highest BCUT2D eigenvalue weighted by Gasteiger charge is 2.35. The van der Waals surface area contributed by atoms with Crippen molar-refractivity contribution in [2.24, 2.45) is 11.8 Å². The van der Waals surface area contributed by atoms with Crippen molar-refractivity contribution in [1.82, 2.24) is 0 Å². The minimum atomic E-state index is 0.0741. The topological polar surface area (TPSA) is 29.5 Å². The lowest BCUT2D eigenvalue weighted by molar-refractivity contribution is 0.00657. The molecule has 1 aliphatic heterocycles. The molecule has 1 saturated heterocycles. The van der Waals surface area contributed by atoms with Gasteiger partial charge in [-0.2, -0.15) is 0 Å². The molecule has 0 saturated carbocycles. The van der Waals surface area contributed by atoms with Gasteiger partial charge in [0, 0.05) is 0 Å². The normalized spacial score (nSPS) is 48.0. The van der Waals surface area contributed by atoms with Gasteiger partial charge in [-0.3, -0.25) is 0 Å². The van der Waals surface area contributed by atoms with E-state index in [-0.39, 0.29) is 12.7 Å². The van der Waals surface area contributed by atoms with Crippen LogP contribution < -0.4 is 0 Å². The van der Waals surface area contributed by atoms with Crippen LogP contribution in [0.3, 0.4) is 0 Å².